The second-order valence-electron chi connectivity index (χ2n) is 5.44. The maximum Gasteiger partial charge on any atom is 0.513 e. The molecule has 0 atom stereocenters. The molecule has 2 aromatic carbocycles. The minimum Gasteiger partial charge on any atom is -0.434 e. The SMILES string of the molecule is CCCCCOC(=O)Oc1ccccc1C(=O)c1ccccc1C=O. The summed E-state index contributed by atoms with van der Waals surface area (Å²) < 4.78 is 10.2. The smallest absolute Gasteiger partial charge is 0.434 e. The average molecular weight is 340 g/mol. The summed E-state index contributed by atoms with van der Waals surface area (Å²) in [7, 11) is 0. The molecule has 0 aliphatic rings. The van der Waals surface area contributed by atoms with Gasteiger partial charge in [-0.3, -0.25) is 9.59 Å². The molecule has 0 unspecified atom stereocenters. The summed E-state index contributed by atoms with van der Waals surface area (Å²) in [5, 5.41) is 0. The van der Waals surface area contributed by atoms with Crippen molar-refractivity contribution < 1.29 is 23.9 Å². The Morgan fingerprint density at radius 1 is 0.960 bits per heavy atom. The van der Waals surface area contributed by atoms with Crippen molar-refractivity contribution in [3.63, 3.8) is 0 Å². The average Bonchev–Trinajstić information content (AvgIpc) is 2.65. The van der Waals surface area contributed by atoms with Crippen molar-refractivity contribution in [3.8, 4) is 5.75 Å². The van der Waals surface area contributed by atoms with Gasteiger partial charge >= 0.3 is 6.16 Å². The Morgan fingerprint density at radius 2 is 1.64 bits per heavy atom. The molecular formula is C20H20O5. The van der Waals surface area contributed by atoms with Crippen LogP contribution >= 0.6 is 0 Å². The Hall–Kier alpha value is -2.95. The van der Waals surface area contributed by atoms with Gasteiger partial charge in [-0.25, -0.2) is 4.79 Å². The fourth-order valence-electron chi connectivity index (χ4n) is 2.32. The van der Waals surface area contributed by atoms with Crippen LogP contribution in [-0.4, -0.2) is 24.8 Å². The van der Waals surface area contributed by atoms with Crippen LogP contribution in [-0.2, 0) is 4.74 Å². The number of unbranched alkanes of at least 4 members (excludes halogenated alkanes) is 2. The summed E-state index contributed by atoms with van der Waals surface area (Å²) >= 11 is 0. The molecule has 0 bridgehead atoms. The summed E-state index contributed by atoms with van der Waals surface area (Å²) in [4.78, 5) is 35.7. The first-order valence-electron chi connectivity index (χ1n) is 8.20. The molecule has 0 radical (unpaired) electrons. The molecule has 0 saturated heterocycles. The predicted octanol–water partition coefficient (Wildman–Crippen LogP) is 4.44. The maximum atomic E-state index is 12.7. The van der Waals surface area contributed by atoms with Crippen molar-refractivity contribution in [1.29, 1.82) is 0 Å². The van der Waals surface area contributed by atoms with Gasteiger partial charge in [0.15, 0.2) is 12.1 Å². The van der Waals surface area contributed by atoms with Crippen molar-refractivity contribution in [2.24, 2.45) is 0 Å². The zero-order valence-electron chi connectivity index (χ0n) is 14.1. The van der Waals surface area contributed by atoms with Crippen LogP contribution in [0.4, 0.5) is 4.79 Å². The first-order valence-corrected chi connectivity index (χ1v) is 8.20. The molecule has 5 heteroatoms. The highest BCUT2D eigenvalue weighted by molar-refractivity contribution is 6.14. The molecular weight excluding hydrogens is 320 g/mol. The monoisotopic (exact) mass is 340 g/mol. The van der Waals surface area contributed by atoms with E-state index in [1.165, 1.54) is 6.07 Å². The van der Waals surface area contributed by atoms with E-state index >= 15 is 0 Å². The number of ketones is 1. The van der Waals surface area contributed by atoms with Crippen LogP contribution < -0.4 is 4.74 Å². The first kappa shape index (κ1) is 18.4. The molecule has 25 heavy (non-hydrogen) atoms. The van der Waals surface area contributed by atoms with Gasteiger partial charge in [0.25, 0.3) is 0 Å². The molecule has 0 aliphatic carbocycles. The van der Waals surface area contributed by atoms with E-state index in [0.717, 1.165) is 19.3 Å². The quantitative estimate of drug-likeness (QED) is 0.234. The van der Waals surface area contributed by atoms with E-state index in [1.807, 2.05) is 0 Å². The van der Waals surface area contributed by atoms with Crippen LogP contribution in [0, 0.1) is 0 Å². The normalized spacial score (nSPS) is 10.1. The van der Waals surface area contributed by atoms with Gasteiger partial charge in [-0.2, -0.15) is 0 Å². The molecule has 130 valence electrons. The molecule has 0 amide bonds. The molecule has 0 heterocycles. The van der Waals surface area contributed by atoms with E-state index in [0.29, 0.717) is 6.29 Å². The van der Waals surface area contributed by atoms with Gasteiger partial charge in [0, 0.05) is 11.1 Å². The molecule has 2 aromatic rings. The van der Waals surface area contributed by atoms with E-state index in [-0.39, 0.29) is 29.0 Å². The molecule has 2 rings (SSSR count). The third-order valence-corrected chi connectivity index (χ3v) is 3.63. The second kappa shape index (κ2) is 9.37. The highest BCUT2D eigenvalue weighted by atomic mass is 16.7. The van der Waals surface area contributed by atoms with Gasteiger partial charge < -0.3 is 9.47 Å². The Morgan fingerprint density at radius 3 is 2.36 bits per heavy atom. The first-order chi connectivity index (χ1) is 12.2. The molecule has 0 fully saturated rings. The van der Waals surface area contributed by atoms with Crippen LogP contribution in [0.2, 0.25) is 0 Å². The van der Waals surface area contributed by atoms with E-state index in [9.17, 15) is 14.4 Å². The summed E-state index contributed by atoms with van der Waals surface area (Å²) in [6.07, 6.45) is 2.52. The lowest BCUT2D eigenvalue weighted by molar-refractivity contribution is 0.0955. The number of para-hydroxylation sites is 1. The number of hydrogen-bond acceptors (Lipinski definition) is 5. The van der Waals surface area contributed by atoms with Crippen LogP contribution in [0.5, 0.6) is 5.75 Å². The van der Waals surface area contributed by atoms with Crippen LogP contribution in [0.25, 0.3) is 0 Å². The summed E-state index contributed by atoms with van der Waals surface area (Å²) in [6.45, 7) is 2.33. The highest BCUT2D eigenvalue weighted by Gasteiger charge is 2.19. The van der Waals surface area contributed by atoms with Crippen molar-refractivity contribution >= 4 is 18.2 Å². The topological polar surface area (TPSA) is 69.7 Å². The largest absolute Gasteiger partial charge is 0.513 e. The Bertz CT molecular complexity index is 751. The predicted molar refractivity (Wildman–Crippen MR) is 93.2 cm³/mol. The van der Waals surface area contributed by atoms with Gasteiger partial charge in [-0.15, -0.1) is 0 Å². The summed E-state index contributed by atoms with van der Waals surface area (Å²) in [5.74, 6) is -0.286. The number of aldehydes is 1. The molecule has 0 aromatic heterocycles. The minimum atomic E-state index is -0.847. The second-order valence-corrected chi connectivity index (χ2v) is 5.44. The lowest BCUT2D eigenvalue weighted by atomic mass is 9.98. The van der Waals surface area contributed by atoms with Crippen LogP contribution in [0.1, 0.15) is 52.5 Å². The maximum absolute atomic E-state index is 12.7. The summed E-state index contributed by atoms with van der Waals surface area (Å²) in [5.41, 5.74) is 0.733. The van der Waals surface area contributed by atoms with Crippen molar-refractivity contribution in [1.82, 2.24) is 0 Å². The third-order valence-electron chi connectivity index (χ3n) is 3.63. The van der Waals surface area contributed by atoms with E-state index < -0.39 is 11.9 Å². The van der Waals surface area contributed by atoms with E-state index in [2.05, 4.69) is 6.92 Å². The van der Waals surface area contributed by atoms with Gasteiger partial charge in [0.05, 0.1) is 12.2 Å². The zero-order valence-corrected chi connectivity index (χ0v) is 14.1. The van der Waals surface area contributed by atoms with Crippen molar-refractivity contribution in [2.75, 3.05) is 6.61 Å². The third kappa shape index (κ3) is 5.01. The molecule has 5 nitrogen and oxygen atoms in total. The Labute approximate surface area is 146 Å². The fourth-order valence-corrected chi connectivity index (χ4v) is 2.32. The lowest BCUT2D eigenvalue weighted by Crippen LogP contribution is -2.14. The van der Waals surface area contributed by atoms with Gasteiger partial charge in [-0.05, 0) is 18.6 Å². The van der Waals surface area contributed by atoms with Crippen LogP contribution in [0.15, 0.2) is 48.5 Å². The minimum absolute atomic E-state index is 0.105. The van der Waals surface area contributed by atoms with Crippen LogP contribution in [0.3, 0.4) is 0 Å². The van der Waals surface area contributed by atoms with Crippen molar-refractivity contribution in [3.05, 3.63) is 65.2 Å². The number of ether oxygens (including phenoxy) is 2. The number of hydrogen-bond donors (Lipinski definition) is 0. The standard InChI is InChI=1S/C20H20O5/c1-2-3-8-13-24-20(23)25-18-12-7-6-11-17(18)19(22)16-10-5-4-9-15(16)14-21/h4-7,9-12,14H,2-3,8,13H2,1H3. The lowest BCUT2D eigenvalue weighted by Gasteiger charge is -2.10. The van der Waals surface area contributed by atoms with Gasteiger partial charge in [-0.1, -0.05) is 56.2 Å². The Kier molecular flexibility index (Phi) is 6.89. The molecule has 0 aliphatic heterocycles. The van der Waals surface area contributed by atoms with E-state index in [1.54, 1.807) is 42.5 Å². The molecule has 0 spiro atoms. The number of carbonyl (C=O) groups is 3. The molecule has 0 saturated carbocycles. The van der Waals surface area contributed by atoms with E-state index in [4.69, 9.17) is 9.47 Å². The van der Waals surface area contributed by atoms with Gasteiger partial charge in [0.2, 0.25) is 0 Å². The zero-order chi connectivity index (χ0) is 18.1. The number of rotatable bonds is 8. The number of carbonyl (C=O) groups excluding carboxylic acids is 3. The number of benzene rings is 2. The Balaban J connectivity index is 2.16. The molecule has 0 N–H and O–H groups in total. The fraction of sp³-hybridized carbons (Fsp3) is 0.250. The van der Waals surface area contributed by atoms with Crippen molar-refractivity contribution in [2.45, 2.75) is 26.2 Å². The highest BCUT2D eigenvalue weighted by Crippen LogP contribution is 2.23. The van der Waals surface area contributed by atoms with Gasteiger partial charge in [0.1, 0.15) is 5.75 Å². The summed E-state index contributed by atoms with van der Waals surface area (Å²) in [6, 6.07) is 12.9.